The van der Waals surface area contributed by atoms with Gasteiger partial charge < -0.3 is 19.8 Å². The molecule has 1 aliphatic rings. The molecule has 6 nitrogen and oxygen atoms in total. The van der Waals surface area contributed by atoms with E-state index in [1.54, 1.807) is 20.8 Å². The Hall–Kier alpha value is -2.26. The lowest BCUT2D eigenvalue weighted by Crippen LogP contribution is -2.41. The minimum atomic E-state index is -1.10. The monoisotopic (exact) mass is 436 g/mol. The van der Waals surface area contributed by atoms with E-state index in [0.717, 1.165) is 0 Å². The Morgan fingerprint density at radius 3 is 2.19 bits per heavy atom. The molecule has 2 N–H and O–H groups in total. The molecule has 0 spiro atoms. The number of benzene rings is 1. The minimum absolute atomic E-state index is 0.0420. The molecule has 1 heterocycles. The zero-order valence-electron chi connectivity index (χ0n) is 19.4. The van der Waals surface area contributed by atoms with E-state index >= 15 is 0 Å². The van der Waals surface area contributed by atoms with E-state index in [4.69, 9.17) is 19.8 Å². The maximum absolute atomic E-state index is 15.0. The molecule has 0 radical (unpaired) electrons. The number of esters is 1. The SMILES string of the molecule is C/C(N)=C(/C=NCC(=O)OC(C)(C)C)c1ccc(B2OC(C)(C)C(C)(C)O2)c(F)c1F. The number of carbonyl (C=O) groups excluding carboxylic acids is 1. The van der Waals surface area contributed by atoms with E-state index in [2.05, 4.69) is 4.99 Å². The molecule has 0 aromatic heterocycles. The molecule has 1 fully saturated rings. The summed E-state index contributed by atoms with van der Waals surface area (Å²) in [5.74, 6) is -2.73. The second-order valence-corrected chi connectivity index (χ2v) is 9.57. The number of allylic oxidation sites excluding steroid dienone is 2. The Balaban J connectivity index is 2.29. The molecular weight excluding hydrogens is 405 g/mol. The van der Waals surface area contributed by atoms with E-state index in [9.17, 15) is 13.6 Å². The largest absolute Gasteiger partial charge is 0.497 e. The standard InChI is InChI=1S/C22H31BF2N2O4/c1-13(26)15(11-27-12-17(28)29-20(2,3)4)14-9-10-16(19(25)18(14)24)23-30-21(5,6)22(7,8)31-23/h9-11H,12,26H2,1-8H3/b15-13+,27-11?. The van der Waals surface area contributed by atoms with Crippen LogP contribution in [0.25, 0.3) is 5.57 Å². The van der Waals surface area contributed by atoms with Crippen molar-refractivity contribution in [2.24, 2.45) is 10.7 Å². The zero-order chi connectivity index (χ0) is 23.8. The summed E-state index contributed by atoms with van der Waals surface area (Å²) in [6, 6.07) is 2.80. The summed E-state index contributed by atoms with van der Waals surface area (Å²) in [4.78, 5) is 15.8. The fourth-order valence-electron chi connectivity index (χ4n) is 2.89. The van der Waals surface area contributed by atoms with E-state index in [1.165, 1.54) is 25.3 Å². The first kappa shape index (κ1) is 25.0. The summed E-state index contributed by atoms with van der Waals surface area (Å²) >= 11 is 0. The normalized spacial score (nSPS) is 19.0. The van der Waals surface area contributed by atoms with E-state index in [1.807, 2.05) is 27.7 Å². The van der Waals surface area contributed by atoms with Gasteiger partial charge in [0.2, 0.25) is 0 Å². The van der Waals surface area contributed by atoms with Crippen LogP contribution >= 0.6 is 0 Å². The average Bonchev–Trinajstić information content (AvgIpc) is 2.80. The van der Waals surface area contributed by atoms with E-state index < -0.39 is 41.5 Å². The van der Waals surface area contributed by atoms with Gasteiger partial charge in [-0.2, -0.15) is 0 Å². The van der Waals surface area contributed by atoms with Crippen molar-refractivity contribution in [3.05, 3.63) is 35.0 Å². The third-order valence-corrected chi connectivity index (χ3v) is 5.20. The Labute approximate surface area is 183 Å². The highest BCUT2D eigenvalue weighted by Gasteiger charge is 2.52. The van der Waals surface area contributed by atoms with Crippen molar-refractivity contribution in [2.45, 2.75) is 72.2 Å². The Morgan fingerprint density at radius 2 is 1.71 bits per heavy atom. The van der Waals surface area contributed by atoms with E-state index in [-0.39, 0.29) is 28.8 Å². The van der Waals surface area contributed by atoms with Crippen molar-refractivity contribution in [3.8, 4) is 0 Å². The second kappa shape index (κ2) is 8.71. The van der Waals surface area contributed by atoms with E-state index in [0.29, 0.717) is 0 Å². The second-order valence-electron chi connectivity index (χ2n) is 9.57. The summed E-state index contributed by atoms with van der Waals surface area (Å²) in [6.07, 6.45) is 1.24. The van der Waals surface area contributed by atoms with Gasteiger partial charge in [0.1, 0.15) is 12.1 Å². The predicted octanol–water partition coefficient (Wildman–Crippen LogP) is 3.37. The number of ether oxygens (including phenoxy) is 1. The van der Waals surface area contributed by atoms with Gasteiger partial charge in [0.25, 0.3) is 0 Å². The Bertz CT molecular complexity index is 901. The highest BCUT2D eigenvalue weighted by molar-refractivity contribution is 6.62. The van der Waals surface area contributed by atoms with Gasteiger partial charge in [0, 0.05) is 28.5 Å². The van der Waals surface area contributed by atoms with Crippen LogP contribution in [0.2, 0.25) is 0 Å². The number of hydrogen-bond acceptors (Lipinski definition) is 6. The maximum atomic E-state index is 15.0. The molecule has 1 aliphatic heterocycles. The van der Waals surface area contributed by atoms with Gasteiger partial charge in [0.15, 0.2) is 11.6 Å². The number of nitrogens with zero attached hydrogens (tertiary/aromatic N) is 1. The molecule has 0 saturated carbocycles. The third-order valence-electron chi connectivity index (χ3n) is 5.20. The van der Waals surface area contributed by atoms with Crippen molar-refractivity contribution in [1.29, 1.82) is 0 Å². The lowest BCUT2D eigenvalue weighted by molar-refractivity contribution is -0.152. The van der Waals surface area contributed by atoms with Gasteiger partial charge in [-0.15, -0.1) is 0 Å². The van der Waals surface area contributed by atoms with Crippen LogP contribution in [0.5, 0.6) is 0 Å². The zero-order valence-corrected chi connectivity index (χ0v) is 19.4. The van der Waals surface area contributed by atoms with Crippen LogP contribution in [0.1, 0.15) is 61.0 Å². The van der Waals surface area contributed by atoms with Gasteiger partial charge in [-0.05, 0) is 55.4 Å². The fourth-order valence-corrected chi connectivity index (χ4v) is 2.89. The van der Waals surface area contributed by atoms with Crippen molar-refractivity contribution < 1.29 is 27.6 Å². The van der Waals surface area contributed by atoms with Crippen LogP contribution in [0.15, 0.2) is 22.8 Å². The lowest BCUT2D eigenvalue weighted by Gasteiger charge is -2.32. The molecule has 0 amide bonds. The third kappa shape index (κ3) is 5.71. The molecule has 1 aromatic carbocycles. The summed E-state index contributed by atoms with van der Waals surface area (Å²) in [5.41, 5.74) is 4.11. The fraction of sp³-hybridized carbons (Fsp3) is 0.545. The molecular formula is C22H31BF2N2O4. The number of halogens is 2. The van der Waals surface area contributed by atoms with Crippen LogP contribution in [0.4, 0.5) is 8.78 Å². The highest BCUT2D eigenvalue weighted by Crippen LogP contribution is 2.37. The molecule has 0 unspecified atom stereocenters. The molecule has 2 rings (SSSR count). The van der Waals surface area contributed by atoms with Gasteiger partial charge in [-0.1, -0.05) is 12.1 Å². The minimum Gasteiger partial charge on any atom is -0.459 e. The van der Waals surface area contributed by atoms with Crippen LogP contribution in [0.3, 0.4) is 0 Å². The van der Waals surface area contributed by atoms with Crippen molar-refractivity contribution >= 4 is 30.3 Å². The van der Waals surface area contributed by atoms with Gasteiger partial charge in [-0.25, -0.2) is 8.78 Å². The Kier molecular flexibility index (Phi) is 7.02. The van der Waals surface area contributed by atoms with Crippen LogP contribution in [-0.2, 0) is 18.8 Å². The van der Waals surface area contributed by atoms with Crippen molar-refractivity contribution in [1.82, 2.24) is 0 Å². The summed E-state index contributed by atoms with van der Waals surface area (Å²) in [6.45, 7) is 13.8. The van der Waals surface area contributed by atoms with Crippen molar-refractivity contribution in [2.75, 3.05) is 6.54 Å². The first-order valence-electron chi connectivity index (χ1n) is 10.1. The number of nitrogens with two attached hydrogens (primary N) is 1. The first-order valence-corrected chi connectivity index (χ1v) is 10.1. The highest BCUT2D eigenvalue weighted by atomic mass is 19.2. The van der Waals surface area contributed by atoms with Gasteiger partial charge in [-0.3, -0.25) is 9.79 Å². The molecule has 1 saturated heterocycles. The summed E-state index contributed by atoms with van der Waals surface area (Å²) < 4.78 is 46.8. The van der Waals surface area contributed by atoms with Gasteiger partial charge >= 0.3 is 13.1 Å². The topological polar surface area (TPSA) is 83.1 Å². The number of aliphatic imine (C=N–C) groups is 1. The maximum Gasteiger partial charge on any atom is 0.497 e. The van der Waals surface area contributed by atoms with Crippen molar-refractivity contribution in [3.63, 3.8) is 0 Å². The molecule has 0 aliphatic carbocycles. The Morgan fingerprint density at radius 1 is 1.16 bits per heavy atom. The van der Waals surface area contributed by atoms with Crippen LogP contribution in [-0.4, -0.2) is 42.7 Å². The molecule has 1 aromatic rings. The average molecular weight is 436 g/mol. The molecule has 0 bridgehead atoms. The molecule has 31 heavy (non-hydrogen) atoms. The smallest absolute Gasteiger partial charge is 0.459 e. The van der Waals surface area contributed by atoms with Gasteiger partial charge in [0.05, 0.1) is 11.2 Å². The quantitative estimate of drug-likeness (QED) is 0.435. The van der Waals surface area contributed by atoms with Crippen LogP contribution < -0.4 is 11.2 Å². The molecule has 9 heteroatoms. The lowest BCUT2D eigenvalue weighted by atomic mass is 9.77. The number of carbonyl (C=O) groups is 1. The molecule has 170 valence electrons. The number of rotatable bonds is 5. The first-order chi connectivity index (χ1) is 14.1. The number of hydrogen-bond donors (Lipinski definition) is 1. The van der Waals surface area contributed by atoms with Crippen LogP contribution in [0, 0.1) is 11.6 Å². The molecule has 0 atom stereocenters. The summed E-state index contributed by atoms with van der Waals surface area (Å²) in [7, 11) is -1.04. The summed E-state index contributed by atoms with van der Waals surface area (Å²) in [5, 5.41) is 0. The predicted molar refractivity (Wildman–Crippen MR) is 118 cm³/mol.